The highest BCUT2D eigenvalue weighted by Crippen LogP contribution is 2.20. The zero-order chi connectivity index (χ0) is 14.7. The van der Waals surface area contributed by atoms with Crippen molar-refractivity contribution in [2.45, 2.75) is 32.9 Å². The summed E-state index contributed by atoms with van der Waals surface area (Å²) >= 11 is 0. The van der Waals surface area contributed by atoms with Crippen molar-refractivity contribution in [1.82, 2.24) is 9.97 Å². The maximum atomic E-state index is 11.6. The molecule has 0 amide bonds. The van der Waals surface area contributed by atoms with Gasteiger partial charge in [0.2, 0.25) is 0 Å². The normalized spacial score (nSPS) is 12.4. The number of hydrogen-bond donors (Lipinski definition) is 2. The first kappa shape index (κ1) is 14.3. The molecule has 0 saturated carbocycles. The Kier molecular flexibility index (Phi) is 4.20. The van der Waals surface area contributed by atoms with Crippen molar-refractivity contribution in [3.8, 4) is 17.1 Å². The van der Waals surface area contributed by atoms with Gasteiger partial charge in [-0.15, -0.1) is 0 Å². The van der Waals surface area contributed by atoms with Gasteiger partial charge in [0.25, 0.3) is 5.56 Å². The van der Waals surface area contributed by atoms with E-state index >= 15 is 0 Å². The minimum absolute atomic E-state index is 0.125. The predicted octanol–water partition coefficient (Wildman–Crippen LogP) is 2.24. The van der Waals surface area contributed by atoms with E-state index in [-0.39, 0.29) is 17.7 Å². The van der Waals surface area contributed by atoms with Gasteiger partial charge in [0, 0.05) is 17.7 Å². The van der Waals surface area contributed by atoms with E-state index in [2.05, 4.69) is 9.97 Å². The molecule has 5 heteroatoms. The molecule has 0 fully saturated rings. The van der Waals surface area contributed by atoms with Gasteiger partial charge in [-0.05, 0) is 45.0 Å². The van der Waals surface area contributed by atoms with Crippen molar-refractivity contribution in [3.63, 3.8) is 0 Å². The molecule has 2 aromatic rings. The summed E-state index contributed by atoms with van der Waals surface area (Å²) in [4.78, 5) is 18.7. The second-order valence-corrected chi connectivity index (χ2v) is 5.00. The quantitative estimate of drug-likeness (QED) is 0.895. The van der Waals surface area contributed by atoms with Gasteiger partial charge in [-0.25, -0.2) is 4.98 Å². The van der Waals surface area contributed by atoms with Crippen molar-refractivity contribution >= 4 is 0 Å². The van der Waals surface area contributed by atoms with Crippen LogP contribution in [0.1, 0.15) is 32.5 Å². The largest absolute Gasteiger partial charge is 0.491 e. The predicted molar refractivity (Wildman–Crippen MR) is 78.7 cm³/mol. The van der Waals surface area contributed by atoms with Crippen LogP contribution in [0.3, 0.4) is 0 Å². The number of nitrogens with two attached hydrogens (primary N) is 1. The Hall–Kier alpha value is -2.14. The van der Waals surface area contributed by atoms with Crippen molar-refractivity contribution in [1.29, 1.82) is 0 Å². The molecule has 1 unspecified atom stereocenters. The standard InChI is InChI=1S/C15H19N3O2/c1-9(2)20-12-6-4-11(5-7-12)15-17-13(10(3)16)8-14(19)18-15/h4-10H,16H2,1-3H3,(H,17,18,19). The summed E-state index contributed by atoms with van der Waals surface area (Å²) in [5.74, 6) is 1.30. The number of aromatic amines is 1. The molecule has 0 bridgehead atoms. The van der Waals surface area contributed by atoms with E-state index in [9.17, 15) is 4.79 Å². The number of benzene rings is 1. The third-order valence-corrected chi connectivity index (χ3v) is 2.73. The van der Waals surface area contributed by atoms with E-state index in [0.717, 1.165) is 11.3 Å². The van der Waals surface area contributed by atoms with Crippen molar-refractivity contribution in [3.05, 3.63) is 46.4 Å². The van der Waals surface area contributed by atoms with Gasteiger partial charge >= 0.3 is 0 Å². The highest BCUT2D eigenvalue weighted by molar-refractivity contribution is 5.56. The molecule has 3 N–H and O–H groups in total. The summed E-state index contributed by atoms with van der Waals surface area (Å²) in [6.45, 7) is 5.74. The molecule has 2 rings (SSSR count). The number of nitrogens with one attached hydrogen (secondary N) is 1. The summed E-state index contributed by atoms with van der Waals surface area (Å²) in [6.07, 6.45) is 0.125. The Morgan fingerprint density at radius 2 is 1.85 bits per heavy atom. The first-order chi connectivity index (χ1) is 9.45. The van der Waals surface area contributed by atoms with Crippen LogP contribution in [0.5, 0.6) is 5.75 Å². The summed E-state index contributed by atoms with van der Waals surface area (Å²) in [5, 5.41) is 0. The second kappa shape index (κ2) is 5.88. The Bertz CT molecular complexity index is 630. The molecule has 0 spiro atoms. The molecule has 0 aliphatic carbocycles. The summed E-state index contributed by atoms with van der Waals surface area (Å²) < 4.78 is 5.58. The Morgan fingerprint density at radius 3 is 2.40 bits per heavy atom. The Labute approximate surface area is 117 Å². The molecule has 0 aliphatic rings. The molecular formula is C15H19N3O2. The second-order valence-electron chi connectivity index (χ2n) is 5.00. The van der Waals surface area contributed by atoms with Crippen LogP contribution < -0.4 is 16.0 Å². The van der Waals surface area contributed by atoms with Gasteiger partial charge in [-0.1, -0.05) is 0 Å². The number of ether oxygens (including phenoxy) is 1. The minimum atomic E-state index is -0.278. The molecule has 5 nitrogen and oxygen atoms in total. The Morgan fingerprint density at radius 1 is 1.20 bits per heavy atom. The summed E-state index contributed by atoms with van der Waals surface area (Å²) in [7, 11) is 0. The van der Waals surface area contributed by atoms with Crippen molar-refractivity contribution < 1.29 is 4.74 Å². The fourth-order valence-corrected chi connectivity index (χ4v) is 1.81. The molecule has 1 heterocycles. The zero-order valence-electron chi connectivity index (χ0n) is 11.9. The summed E-state index contributed by atoms with van der Waals surface area (Å²) in [5.41, 5.74) is 6.96. The first-order valence-electron chi connectivity index (χ1n) is 6.59. The maximum absolute atomic E-state index is 11.6. The molecule has 106 valence electrons. The lowest BCUT2D eigenvalue weighted by Gasteiger charge is -2.10. The lowest BCUT2D eigenvalue weighted by molar-refractivity contribution is 0.242. The van der Waals surface area contributed by atoms with Crippen LogP contribution >= 0.6 is 0 Å². The minimum Gasteiger partial charge on any atom is -0.491 e. The van der Waals surface area contributed by atoms with Gasteiger partial charge in [-0.2, -0.15) is 0 Å². The fourth-order valence-electron chi connectivity index (χ4n) is 1.81. The van der Waals surface area contributed by atoms with Crippen LogP contribution in [0.2, 0.25) is 0 Å². The highest BCUT2D eigenvalue weighted by Gasteiger charge is 2.07. The maximum Gasteiger partial charge on any atom is 0.251 e. The molecule has 0 saturated heterocycles. The monoisotopic (exact) mass is 273 g/mol. The first-order valence-corrected chi connectivity index (χ1v) is 6.59. The van der Waals surface area contributed by atoms with Crippen LogP contribution in [-0.2, 0) is 0 Å². The number of hydrogen-bond acceptors (Lipinski definition) is 4. The van der Waals surface area contributed by atoms with Crippen molar-refractivity contribution in [2.24, 2.45) is 5.73 Å². The molecule has 1 aromatic heterocycles. The number of aromatic nitrogens is 2. The third-order valence-electron chi connectivity index (χ3n) is 2.73. The zero-order valence-corrected chi connectivity index (χ0v) is 11.9. The van der Waals surface area contributed by atoms with E-state index < -0.39 is 0 Å². The molecule has 0 aliphatic heterocycles. The van der Waals surface area contributed by atoms with Crippen LogP contribution in [-0.4, -0.2) is 16.1 Å². The van der Waals surface area contributed by atoms with Crippen LogP contribution in [0, 0.1) is 0 Å². The van der Waals surface area contributed by atoms with Crippen LogP contribution in [0.25, 0.3) is 11.4 Å². The number of rotatable bonds is 4. The van der Waals surface area contributed by atoms with Gasteiger partial charge in [0.15, 0.2) is 0 Å². The topological polar surface area (TPSA) is 81.0 Å². The van der Waals surface area contributed by atoms with Gasteiger partial charge < -0.3 is 15.5 Å². The molecular weight excluding hydrogens is 254 g/mol. The third kappa shape index (κ3) is 3.45. The van der Waals surface area contributed by atoms with Gasteiger partial charge in [0.05, 0.1) is 11.8 Å². The average Bonchev–Trinajstić information content (AvgIpc) is 2.38. The van der Waals surface area contributed by atoms with Crippen LogP contribution in [0.15, 0.2) is 35.1 Å². The molecule has 1 atom stereocenters. The average molecular weight is 273 g/mol. The smallest absolute Gasteiger partial charge is 0.251 e. The SMILES string of the molecule is CC(C)Oc1ccc(-c2nc(C(C)N)cc(=O)[nH]2)cc1. The Balaban J connectivity index is 2.34. The number of H-pyrrole nitrogens is 1. The fraction of sp³-hybridized carbons (Fsp3) is 0.333. The highest BCUT2D eigenvalue weighted by atomic mass is 16.5. The van der Waals surface area contributed by atoms with E-state index in [1.54, 1.807) is 6.92 Å². The van der Waals surface area contributed by atoms with Gasteiger partial charge in [0.1, 0.15) is 11.6 Å². The van der Waals surface area contributed by atoms with Crippen molar-refractivity contribution in [2.75, 3.05) is 0 Å². The van der Waals surface area contributed by atoms with Crippen LogP contribution in [0.4, 0.5) is 0 Å². The number of nitrogens with zero attached hydrogens (tertiary/aromatic N) is 1. The van der Waals surface area contributed by atoms with E-state index in [0.29, 0.717) is 11.5 Å². The molecule has 1 aromatic carbocycles. The van der Waals surface area contributed by atoms with E-state index in [4.69, 9.17) is 10.5 Å². The summed E-state index contributed by atoms with van der Waals surface area (Å²) in [6, 6.07) is 8.58. The molecule has 0 radical (unpaired) electrons. The van der Waals surface area contributed by atoms with E-state index in [1.165, 1.54) is 6.07 Å². The van der Waals surface area contributed by atoms with Gasteiger partial charge in [-0.3, -0.25) is 4.79 Å². The lowest BCUT2D eigenvalue weighted by Crippen LogP contribution is -2.15. The lowest BCUT2D eigenvalue weighted by atomic mass is 10.2. The van der Waals surface area contributed by atoms with E-state index in [1.807, 2.05) is 38.1 Å². The molecule has 20 heavy (non-hydrogen) atoms.